The fourth-order valence-electron chi connectivity index (χ4n) is 1.91. The van der Waals surface area contributed by atoms with E-state index in [1.54, 1.807) is 12.0 Å². The van der Waals surface area contributed by atoms with Crippen LogP contribution in [0.2, 0.25) is 0 Å². The maximum Gasteiger partial charge on any atom is 0.222 e. The van der Waals surface area contributed by atoms with E-state index in [-0.39, 0.29) is 5.91 Å². The molecule has 1 N–H and O–H groups in total. The molecule has 1 atom stereocenters. The molecule has 1 aliphatic heterocycles. The predicted molar refractivity (Wildman–Crippen MR) is 61.2 cm³/mol. The van der Waals surface area contributed by atoms with Crippen molar-refractivity contribution < 1.29 is 14.6 Å². The monoisotopic (exact) mass is 230 g/mol. The van der Waals surface area contributed by atoms with Gasteiger partial charge in [-0.05, 0) is 13.5 Å². The molecule has 1 rings (SSSR count). The average Bonchev–Trinajstić information content (AvgIpc) is 2.61. The Morgan fingerprint density at radius 2 is 2.38 bits per heavy atom. The van der Waals surface area contributed by atoms with Crippen LogP contribution in [0.5, 0.6) is 0 Å². The summed E-state index contributed by atoms with van der Waals surface area (Å²) >= 11 is 0. The molecular formula is C11H22N2O3. The first-order chi connectivity index (χ1) is 7.63. The van der Waals surface area contributed by atoms with E-state index in [1.165, 1.54) is 0 Å². The van der Waals surface area contributed by atoms with Crippen LogP contribution in [0.3, 0.4) is 0 Å². The SMILES string of the molecule is COCCN(C)CC(O)CN1CCCC1=O. The Morgan fingerprint density at radius 3 is 2.94 bits per heavy atom. The zero-order valence-electron chi connectivity index (χ0n) is 10.2. The van der Waals surface area contributed by atoms with E-state index in [1.807, 2.05) is 11.9 Å². The molecule has 0 saturated carbocycles. The Hall–Kier alpha value is -0.650. The summed E-state index contributed by atoms with van der Waals surface area (Å²) in [4.78, 5) is 15.1. The van der Waals surface area contributed by atoms with Crippen molar-refractivity contribution >= 4 is 5.91 Å². The van der Waals surface area contributed by atoms with Crippen LogP contribution < -0.4 is 0 Å². The molecule has 0 aliphatic carbocycles. The molecule has 1 aliphatic rings. The third kappa shape index (κ3) is 4.47. The van der Waals surface area contributed by atoms with Gasteiger partial charge in [0.05, 0.1) is 12.7 Å². The number of aliphatic hydroxyl groups is 1. The van der Waals surface area contributed by atoms with Crippen molar-refractivity contribution in [2.75, 3.05) is 46.9 Å². The van der Waals surface area contributed by atoms with Crippen molar-refractivity contribution in [3.63, 3.8) is 0 Å². The summed E-state index contributed by atoms with van der Waals surface area (Å²) in [6.07, 6.45) is 1.08. The number of likely N-dealkylation sites (tertiary alicyclic amines) is 1. The summed E-state index contributed by atoms with van der Waals surface area (Å²) in [6, 6.07) is 0. The van der Waals surface area contributed by atoms with Crippen molar-refractivity contribution in [2.24, 2.45) is 0 Å². The number of hydrogen-bond acceptors (Lipinski definition) is 4. The van der Waals surface area contributed by atoms with E-state index in [4.69, 9.17) is 4.74 Å². The zero-order chi connectivity index (χ0) is 12.0. The molecule has 5 heteroatoms. The molecule has 0 spiro atoms. The Morgan fingerprint density at radius 1 is 1.62 bits per heavy atom. The van der Waals surface area contributed by atoms with Crippen molar-refractivity contribution in [3.8, 4) is 0 Å². The Kier molecular flexibility index (Phi) is 5.73. The first-order valence-electron chi connectivity index (χ1n) is 5.77. The van der Waals surface area contributed by atoms with Crippen LogP contribution in [0.4, 0.5) is 0 Å². The first kappa shape index (κ1) is 13.4. The van der Waals surface area contributed by atoms with Gasteiger partial charge in [-0.15, -0.1) is 0 Å². The minimum atomic E-state index is -0.469. The van der Waals surface area contributed by atoms with Gasteiger partial charge in [0.25, 0.3) is 0 Å². The molecule has 0 bridgehead atoms. The highest BCUT2D eigenvalue weighted by Crippen LogP contribution is 2.09. The van der Waals surface area contributed by atoms with E-state index in [0.29, 0.717) is 26.1 Å². The zero-order valence-corrected chi connectivity index (χ0v) is 10.2. The van der Waals surface area contributed by atoms with Gasteiger partial charge in [0.1, 0.15) is 0 Å². The molecule has 5 nitrogen and oxygen atoms in total. The largest absolute Gasteiger partial charge is 0.390 e. The quantitative estimate of drug-likeness (QED) is 0.643. The molecule has 1 unspecified atom stereocenters. The maximum atomic E-state index is 11.3. The lowest BCUT2D eigenvalue weighted by atomic mass is 10.3. The molecule has 0 aromatic carbocycles. The van der Waals surface area contributed by atoms with Crippen LogP contribution in [-0.4, -0.2) is 73.9 Å². The van der Waals surface area contributed by atoms with Gasteiger partial charge in [-0.3, -0.25) is 4.79 Å². The second-order valence-corrected chi connectivity index (χ2v) is 4.35. The third-order valence-corrected chi connectivity index (χ3v) is 2.80. The maximum absolute atomic E-state index is 11.3. The standard InChI is InChI=1S/C11H22N2O3/c1-12(6-7-16-2)8-10(14)9-13-5-3-4-11(13)15/h10,14H,3-9H2,1-2H3. The summed E-state index contributed by atoms with van der Waals surface area (Å²) in [5.41, 5.74) is 0. The van der Waals surface area contributed by atoms with Crippen molar-refractivity contribution in [1.82, 2.24) is 9.80 Å². The highest BCUT2D eigenvalue weighted by atomic mass is 16.5. The first-order valence-corrected chi connectivity index (χ1v) is 5.77. The van der Waals surface area contributed by atoms with Gasteiger partial charge in [-0.2, -0.15) is 0 Å². The third-order valence-electron chi connectivity index (χ3n) is 2.80. The van der Waals surface area contributed by atoms with Gasteiger partial charge in [0, 0.05) is 39.7 Å². The van der Waals surface area contributed by atoms with Crippen LogP contribution in [0.25, 0.3) is 0 Å². The summed E-state index contributed by atoms with van der Waals surface area (Å²) in [5, 5.41) is 9.82. The molecule has 94 valence electrons. The number of ether oxygens (including phenoxy) is 1. The van der Waals surface area contributed by atoms with Crippen LogP contribution in [0, 0.1) is 0 Å². The minimum absolute atomic E-state index is 0.165. The molecule has 0 aromatic rings. The topological polar surface area (TPSA) is 53.0 Å². The van der Waals surface area contributed by atoms with Crippen molar-refractivity contribution in [2.45, 2.75) is 18.9 Å². The van der Waals surface area contributed by atoms with Gasteiger partial charge < -0.3 is 19.6 Å². The highest BCUT2D eigenvalue weighted by Gasteiger charge is 2.22. The van der Waals surface area contributed by atoms with E-state index < -0.39 is 6.10 Å². The van der Waals surface area contributed by atoms with Gasteiger partial charge in [0.2, 0.25) is 5.91 Å². The number of aliphatic hydroxyl groups excluding tert-OH is 1. The molecule has 0 radical (unpaired) electrons. The predicted octanol–water partition coefficient (Wildman–Crippen LogP) is -0.452. The molecule has 1 fully saturated rings. The van der Waals surface area contributed by atoms with E-state index >= 15 is 0 Å². The van der Waals surface area contributed by atoms with Crippen molar-refractivity contribution in [3.05, 3.63) is 0 Å². The van der Waals surface area contributed by atoms with Gasteiger partial charge >= 0.3 is 0 Å². The Balaban J connectivity index is 2.19. The normalized spacial score (nSPS) is 18.5. The summed E-state index contributed by atoms with van der Waals surface area (Å²) in [5.74, 6) is 0.165. The number of hydrogen-bond donors (Lipinski definition) is 1. The molecule has 1 heterocycles. The molecule has 1 saturated heterocycles. The highest BCUT2D eigenvalue weighted by molar-refractivity contribution is 5.78. The van der Waals surface area contributed by atoms with Gasteiger partial charge in [-0.1, -0.05) is 0 Å². The van der Waals surface area contributed by atoms with E-state index in [2.05, 4.69) is 0 Å². The fourth-order valence-corrected chi connectivity index (χ4v) is 1.91. The number of likely N-dealkylation sites (N-methyl/N-ethyl adjacent to an activating group) is 1. The molecular weight excluding hydrogens is 208 g/mol. The minimum Gasteiger partial charge on any atom is -0.390 e. The van der Waals surface area contributed by atoms with Gasteiger partial charge in [-0.25, -0.2) is 0 Å². The number of methoxy groups -OCH3 is 1. The van der Waals surface area contributed by atoms with Crippen molar-refractivity contribution in [1.29, 1.82) is 0 Å². The van der Waals surface area contributed by atoms with Crippen LogP contribution in [-0.2, 0) is 9.53 Å². The smallest absolute Gasteiger partial charge is 0.222 e. The summed E-state index contributed by atoms with van der Waals surface area (Å²) < 4.78 is 4.96. The number of β-amino-alcohol motifs (C(OH)–C–C–N with tert-alkyl or cyclic N) is 1. The van der Waals surface area contributed by atoms with Gasteiger partial charge in [0.15, 0.2) is 0 Å². The fraction of sp³-hybridized carbons (Fsp3) is 0.909. The lowest BCUT2D eigenvalue weighted by Gasteiger charge is -2.24. The molecule has 16 heavy (non-hydrogen) atoms. The second kappa shape index (κ2) is 6.83. The second-order valence-electron chi connectivity index (χ2n) is 4.35. The summed E-state index contributed by atoms with van der Waals surface area (Å²) in [6.45, 7) is 3.27. The van der Waals surface area contributed by atoms with Crippen LogP contribution >= 0.6 is 0 Å². The number of carbonyl (C=O) groups is 1. The van der Waals surface area contributed by atoms with Crippen LogP contribution in [0.1, 0.15) is 12.8 Å². The number of carbonyl (C=O) groups excluding carboxylic acids is 1. The number of amides is 1. The lowest BCUT2D eigenvalue weighted by molar-refractivity contribution is -0.129. The number of nitrogens with zero attached hydrogens (tertiary/aromatic N) is 2. The average molecular weight is 230 g/mol. The summed E-state index contributed by atoms with van der Waals surface area (Å²) in [7, 11) is 3.60. The molecule has 1 amide bonds. The van der Waals surface area contributed by atoms with E-state index in [0.717, 1.165) is 19.5 Å². The van der Waals surface area contributed by atoms with E-state index in [9.17, 15) is 9.90 Å². The Bertz CT molecular complexity index is 223. The molecule has 0 aromatic heterocycles. The Labute approximate surface area is 97.0 Å². The lowest BCUT2D eigenvalue weighted by Crippen LogP contribution is -2.40. The number of rotatable bonds is 7. The van der Waals surface area contributed by atoms with Crippen LogP contribution in [0.15, 0.2) is 0 Å².